The molecule has 1 spiro atoms. The number of carboxylic acid groups (broad SMARTS) is 1. The number of rotatable bonds is 9. The van der Waals surface area contributed by atoms with Crippen LogP contribution in [-0.4, -0.2) is 28.1 Å². The standard InChI is InChI=1S/C36H32O8/c1-3-5-9-21-13-16-26(33(38)39)32(24(21)10-6-4-2)35(41)42-23-15-18-29-31(20-23)43-30-19-22(37)14-17-28(30)36(29)27-12-8-7-11-25(27)34(40)44-36/h7-8,11-20,37H,3-6,9-10H2,1-2H3,(H,38,39). The Balaban J connectivity index is 1.44. The highest BCUT2D eigenvalue weighted by Gasteiger charge is 2.53. The van der Waals surface area contributed by atoms with Crippen LogP contribution >= 0.6 is 0 Å². The third kappa shape index (κ3) is 4.76. The summed E-state index contributed by atoms with van der Waals surface area (Å²) >= 11 is 0. The molecule has 4 aromatic rings. The SMILES string of the molecule is CCCCc1ccc(C(=O)O)c(C(=O)Oc2ccc3c(c2)Oc2cc(O)ccc2C32OC(=O)c3ccccc32)c1CCCC. The first kappa shape index (κ1) is 29.0. The van der Waals surface area contributed by atoms with Crippen LogP contribution in [0.5, 0.6) is 23.0 Å². The molecule has 2 aliphatic rings. The molecule has 8 nitrogen and oxygen atoms in total. The Hall–Kier alpha value is -5.11. The minimum atomic E-state index is -1.34. The molecule has 0 saturated heterocycles. The summed E-state index contributed by atoms with van der Waals surface area (Å²) in [5.41, 5.74) is 2.37. The Morgan fingerprint density at radius 1 is 0.841 bits per heavy atom. The molecule has 1 atom stereocenters. The number of aromatic hydroxyl groups is 1. The topological polar surface area (TPSA) is 119 Å². The van der Waals surface area contributed by atoms with Crippen molar-refractivity contribution in [3.05, 3.63) is 117 Å². The summed E-state index contributed by atoms with van der Waals surface area (Å²) < 4.78 is 18.2. The van der Waals surface area contributed by atoms with E-state index in [-0.39, 0.29) is 34.1 Å². The number of aryl methyl sites for hydroxylation is 1. The van der Waals surface area contributed by atoms with E-state index in [1.165, 1.54) is 24.3 Å². The van der Waals surface area contributed by atoms with E-state index in [4.69, 9.17) is 14.2 Å². The van der Waals surface area contributed by atoms with E-state index in [0.29, 0.717) is 34.2 Å². The lowest BCUT2D eigenvalue weighted by Crippen LogP contribution is -2.33. The number of carbonyl (C=O) groups excluding carboxylic acids is 2. The van der Waals surface area contributed by atoms with E-state index >= 15 is 0 Å². The Bertz CT molecular complexity index is 1810. The van der Waals surface area contributed by atoms with E-state index in [1.54, 1.807) is 36.4 Å². The van der Waals surface area contributed by atoms with Gasteiger partial charge >= 0.3 is 17.9 Å². The third-order valence-electron chi connectivity index (χ3n) is 8.30. The summed E-state index contributed by atoms with van der Waals surface area (Å²) in [6, 6.07) is 19.8. The number of unbranched alkanes of at least 4 members (excludes halogenated alkanes) is 2. The van der Waals surface area contributed by atoms with Crippen LogP contribution in [0.2, 0.25) is 0 Å². The zero-order chi connectivity index (χ0) is 31.0. The van der Waals surface area contributed by atoms with Crippen molar-refractivity contribution in [1.29, 1.82) is 0 Å². The van der Waals surface area contributed by atoms with E-state index in [1.807, 2.05) is 19.1 Å². The number of esters is 2. The van der Waals surface area contributed by atoms with E-state index in [9.17, 15) is 24.6 Å². The number of hydrogen-bond acceptors (Lipinski definition) is 7. The molecule has 0 aromatic heterocycles. The molecular formula is C36H32O8. The lowest BCUT2D eigenvalue weighted by atomic mass is 9.77. The quantitative estimate of drug-likeness (QED) is 0.151. The van der Waals surface area contributed by atoms with Crippen LogP contribution in [0.4, 0.5) is 0 Å². The molecule has 0 amide bonds. The van der Waals surface area contributed by atoms with Crippen LogP contribution in [0.15, 0.2) is 72.8 Å². The predicted octanol–water partition coefficient (Wildman–Crippen LogP) is 7.56. The number of carboxylic acids is 1. The molecule has 0 saturated carbocycles. The molecule has 2 N–H and O–H groups in total. The molecule has 2 heterocycles. The zero-order valence-electron chi connectivity index (χ0n) is 24.5. The average molecular weight is 593 g/mol. The van der Waals surface area contributed by atoms with Gasteiger partial charge in [0.05, 0.1) is 16.7 Å². The molecule has 224 valence electrons. The molecule has 0 radical (unpaired) electrons. The second-order valence-electron chi connectivity index (χ2n) is 11.1. The average Bonchev–Trinajstić information content (AvgIpc) is 3.30. The number of benzene rings is 4. The highest BCUT2D eigenvalue weighted by Crippen LogP contribution is 2.57. The first-order valence-electron chi connectivity index (χ1n) is 14.9. The van der Waals surface area contributed by atoms with E-state index in [0.717, 1.165) is 37.7 Å². The molecule has 8 heteroatoms. The van der Waals surface area contributed by atoms with Crippen LogP contribution in [0.1, 0.15) is 98.4 Å². The number of hydrogen-bond donors (Lipinski definition) is 2. The first-order valence-corrected chi connectivity index (χ1v) is 14.9. The predicted molar refractivity (Wildman–Crippen MR) is 162 cm³/mol. The van der Waals surface area contributed by atoms with Crippen molar-refractivity contribution in [3.63, 3.8) is 0 Å². The molecule has 2 aliphatic heterocycles. The molecule has 4 aromatic carbocycles. The summed E-state index contributed by atoms with van der Waals surface area (Å²) in [4.78, 5) is 39.1. The van der Waals surface area contributed by atoms with Crippen LogP contribution in [0.25, 0.3) is 0 Å². The Morgan fingerprint density at radius 2 is 1.55 bits per heavy atom. The smallest absolute Gasteiger partial charge is 0.344 e. The highest BCUT2D eigenvalue weighted by molar-refractivity contribution is 6.04. The minimum absolute atomic E-state index is 0.0358. The molecule has 0 bridgehead atoms. The van der Waals surface area contributed by atoms with Crippen LogP contribution in [0.3, 0.4) is 0 Å². The normalized spacial score (nSPS) is 16.0. The van der Waals surface area contributed by atoms with Crippen molar-refractivity contribution in [2.75, 3.05) is 0 Å². The van der Waals surface area contributed by atoms with Gasteiger partial charge < -0.3 is 24.4 Å². The fraction of sp³-hybridized carbons (Fsp3) is 0.250. The summed E-state index contributed by atoms with van der Waals surface area (Å²) in [6.07, 6.45) is 4.84. The van der Waals surface area contributed by atoms with Crippen molar-refractivity contribution in [1.82, 2.24) is 0 Å². The second kappa shape index (κ2) is 11.5. The van der Waals surface area contributed by atoms with Crippen molar-refractivity contribution in [2.45, 2.75) is 58.0 Å². The summed E-state index contributed by atoms with van der Waals surface area (Å²) in [5, 5.41) is 20.2. The van der Waals surface area contributed by atoms with Gasteiger partial charge in [-0.25, -0.2) is 14.4 Å². The van der Waals surface area contributed by atoms with Crippen molar-refractivity contribution < 1.29 is 38.8 Å². The fourth-order valence-corrected chi connectivity index (χ4v) is 6.21. The maximum atomic E-state index is 13.8. The maximum absolute atomic E-state index is 13.8. The van der Waals surface area contributed by atoms with Crippen molar-refractivity contribution >= 4 is 17.9 Å². The Labute approximate surface area is 254 Å². The van der Waals surface area contributed by atoms with E-state index < -0.39 is 23.5 Å². The van der Waals surface area contributed by atoms with Gasteiger partial charge in [0.15, 0.2) is 5.60 Å². The second-order valence-corrected chi connectivity index (χ2v) is 11.1. The Kier molecular flexibility index (Phi) is 7.59. The van der Waals surface area contributed by atoms with Gasteiger partial charge in [-0.3, -0.25) is 0 Å². The Morgan fingerprint density at radius 3 is 2.30 bits per heavy atom. The number of aromatic carboxylic acids is 1. The molecule has 0 fully saturated rings. The van der Waals surface area contributed by atoms with Crippen LogP contribution < -0.4 is 9.47 Å². The van der Waals surface area contributed by atoms with Crippen LogP contribution in [0, 0.1) is 0 Å². The van der Waals surface area contributed by atoms with Gasteiger partial charge in [0.1, 0.15) is 23.0 Å². The van der Waals surface area contributed by atoms with Crippen molar-refractivity contribution in [2.24, 2.45) is 0 Å². The largest absolute Gasteiger partial charge is 0.508 e. The van der Waals surface area contributed by atoms with Gasteiger partial charge in [-0.2, -0.15) is 0 Å². The molecule has 44 heavy (non-hydrogen) atoms. The number of carbonyl (C=O) groups is 3. The van der Waals surface area contributed by atoms with Gasteiger partial charge in [0.2, 0.25) is 0 Å². The minimum Gasteiger partial charge on any atom is -0.508 e. The summed E-state index contributed by atoms with van der Waals surface area (Å²) in [5.74, 6) is -1.83. The van der Waals surface area contributed by atoms with Crippen LogP contribution in [-0.2, 0) is 23.2 Å². The monoisotopic (exact) mass is 592 g/mol. The number of ether oxygens (including phenoxy) is 3. The van der Waals surface area contributed by atoms with E-state index in [2.05, 4.69) is 6.92 Å². The van der Waals surface area contributed by atoms with Crippen molar-refractivity contribution in [3.8, 4) is 23.0 Å². The molecule has 1 unspecified atom stereocenters. The summed E-state index contributed by atoms with van der Waals surface area (Å²) in [7, 11) is 0. The van der Waals surface area contributed by atoms with Gasteiger partial charge in [-0.05, 0) is 73.2 Å². The number of fused-ring (bicyclic) bond motifs is 6. The number of phenolic OH excluding ortho intramolecular Hbond substituents is 1. The molecule has 6 rings (SSSR count). The summed E-state index contributed by atoms with van der Waals surface area (Å²) in [6.45, 7) is 4.13. The van der Waals surface area contributed by atoms with Gasteiger partial charge in [0, 0.05) is 28.8 Å². The lowest BCUT2D eigenvalue weighted by Gasteiger charge is -2.36. The highest BCUT2D eigenvalue weighted by atomic mass is 16.6. The zero-order valence-corrected chi connectivity index (χ0v) is 24.5. The van der Waals surface area contributed by atoms with Gasteiger partial charge in [-0.15, -0.1) is 0 Å². The van der Waals surface area contributed by atoms with Gasteiger partial charge in [0.25, 0.3) is 0 Å². The van der Waals surface area contributed by atoms with Gasteiger partial charge in [-0.1, -0.05) is 51.0 Å². The molecule has 0 aliphatic carbocycles. The third-order valence-corrected chi connectivity index (χ3v) is 8.30. The first-order chi connectivity index (χ1) is 21.3. The molecular weight excluding hydrogens is 560 g/mol. The number of phenols is 1. The lowest BCUT2D eigenvalue weighted by molar-refractivity contribution is 0.0224. The maximum Gasteiger partial charge on any atom is 0.344 e. The fourth-order valence-electron chi connectivity index (χ4n) is 6.21.